The average Bonchev–Trinajstić information content (AvgIpc) is 2.69. The van der Waals surface area contributed by atoms with Crippen LogP contribution < -0.4 is 20.7 Å². The van der Waals surface area contributed by atoms with E-state index in [1.165, 1.54) is 0 Å². The Hall–Kier alpha value is -2.63. The van der Waals surface area contributed by atoms with Gasteiger partial charge in [-0.3, -0.25) is 0 Å². The van der Waals surface area contributed by atoms with Crippen molar-refractivity contribution in [3.8, 4) is 11.8 Å². The number of nitriles is 1. The molecule has 0 amide bonds. The summed E-state index contributed by atoms with van der Waals surface area (Å²) in [5, 5.41) is 20.3. The molecule has 2 aromatic rings. The third-order valence-electron chi connectivity index (χ3n) is 3.80. The van der Waals surface area contributed by atoms with Crippen LogP contribution in [0.25, 0.3) is 10.9 Å². The molecule has 8 heteroatoms. The lowest BCUT2D eigenvalue weighted by Crippen LogP contribution is -2.38. The molecule has 0 saturated heterocycles. The van der Waals surface area contributed by atoms with E-state index in [0.29, 0.717) is 29.6 Å². The number of nitrogens with zero attached hydrogens (tertiary/aromatic N) is 2. The number of aromatic nitrogens is 1. The van der Waals surface area contributed by atoms with Gasteiger partial charge in [-0.05, 0) is 49.8 Å². The molecule has 1 aromatic carbocycles. The van der Waals surface area contributed by atoms with E-state index in [4.69, 9.17) is 21.7 Å². The number of hydrogen-bond acceptors (Lipinski definition) is 6. The molecule has 0 bridgehead atoms. The zero-order valence-corrected chi connectivity index (χ0v) is 16.5. The van der Waals surface area contributed by atoms with Gasteiger partial charge in [-0.2, -0.15) is 5.26 Å². The van der Waals surface area contributed by atoms with Gasteiger partial charge in [0, 0.05) is 38.2 Å². The molecule has 0 aliphatic carbocycles. The fraction of sp³-hybridized carbons (Fsp3) is 0.421. The van der Waals surface area contributed by atoms with Gasteiger partial charge < -0.3 is 25.4 Å². The van der Waals surface area contributed by atoms with Crippen molar-refractivity contribution in [2.45, 2.75) is 13.3 Å². The van der Waals surface area contributed by atoms with Gasteiger partial charge in [-0.15, -0.1) is 0 Å². The summed E-state index contributed by atoms with van der Waals surface area (Å²) in [7, 11) is 1.61. The van der Waals surface area contributed by atoms with E-state index in [1.54, 1.807) is 7.11 Å². The SMILES string of the molecule is CCOCCCNC(=S)NCCNc1nc2ccc(OC)cc2cc1C#N. The van der Waals surface area contributed by atoms with Gasteiger partial charge in [-0.25, -0.2) is 4.98 Å². The second kappa shape index (κ2) is 11.2. The van der Waals surface area contributed by atoms with E-state index < -0.39 is 0 Å². The molecule has 0 radical (unpaired) electrons. The smallest absolute Gasteiger partial charge is 0.166 e. The number of rotatable bonds is 10. The third kappa shape index (κ3) is 6.55. The standard InChI is InChI=1S/C19H25N5O2S/c1-3-26-10-4-7-22-19(27)23-9-8-21-18-15(13-20)11-14-12-16(25-2)5-6-17(14)24-18/h5-6,11-12H,3-4,7-10H2,1-2H3,(H,21,24)(H2,22,23,27). The van der Waals surface area contributed by atoms with E-state index in [9.17, 15) is 5.26 Å². The van der Waals surface area contributed by atoms with E-state index in [2.05, 4.69) is 27.0 Å². The summed E-state index contributed by atoms with van der Waals surface area (Å²) in [5.41, 5.74) is 1.30. The first-order valence-corrected chi connectivity index (χ1v) is 9.31. The summed E-state index contributed by atoms with van der Waals surface area (Å²) in [5.74, 6) is 1.30. The van der Waals surface area contributed by atoms with Gasteiger partial charge in [0.15, 0.2) is 5.11 Å². The van der Waals surface area contributed by atoms with Crippen LogP contribution in [0, 0.1) is 11.3 Å². The van der Waals surface area contributed by atoms with Crippen molar-refractivity contribution in [1.29, 1.82) is 5.26 Å². The largest absolute Gasteiger partial charge is 0.497 e. The Bertz CT molecular complexity index is 807. The van der Waals surface area contributed by atoms with Crippen LogP contribution in [0.1, 0.15) is 18.9 Å². The fourth-order valence-electron chi connectivity index (χ4n) is 2.44. The van der Waals surface area contributed by atoms with Crippen LogP contribution in [-0.2, 0) is 4.74 Å². The maximum absolute atomic E-state index is 9.39. The van der Waals surface area contributed by atoms with E-state index in [-0.39, 0.29) is 0 Å². The molecule has 0 spiro atoms. The number of anilines is 1. The number of benzene rings is 1. The van der Waals surface area contributed by atoms with Crippen LogP contribution in [0.15, 0.2) is 24.3 Å². The molecule has 0 fully saturated rings. The van der Waals surface area contributed by atoms with Crippen LogP contribution in [0.5, 0.6) is 5.75 Å². The van der Waals surface area contributed by atoms with Crippen LogP contribution in [-0.4, -0.2) is 50.1 Å². The van der Waals surface area contributed by atoms with Crippen molar-refractivity contribution < 1.29 is 9.47 Å². The Morgan fingerprint density at radius 2 is 2.04 bits per heavy atom. The monoisotopic (exact) mass is 387 g/mol. The van der Waals surface area contributed by atoms with Gasteiger partial charge in [-0.1, -0.05) is 0 Å². The third-order valence-corrected chi connectivity index (χ3v) is 4.09. The molecule has 3 N–H and O–H groups in total. The van der Waals surface area contributed by atoms with E-state index >= 15 is 0 Å². The maximum atomic E-state index is 9.39. The number of methoxy groups -OCH3 is 1. The molecule has 27 heavy (non-hydrogen) atoms. The Labute approximate surface area is 165 Å². The zero-order valence-electron chi connectivity index (χ0n) is 15.7. The first kappa shape index (κ1) is 20.7. The molecule has 1 heterocycles. The van der Waals surface area contributed by atoms with E-state index in [1.807, 2.05) is 31.2 Å². The summed E-state index contributed by atoms with van der Waals surface area (Å²) in [6, 6.07) is 9.58. The first-order chi connectivity index (χ1) is 13.2. The molecule has 2 rings (SSSR count). The summed E-state index contributed by atoms with van der Waals surface area (Å²) in [4.78, 5) is 4.54. The molecule has 144 valence electrons. The first-order valence-electron chi connectivity index (χ1n) is 8.90. The summed E-state index contributed by atoms with van der Waals surface area (Å²) in [6.45, 7) is 5.41. The Kier molecular flexibility index (Phi) is 8.55. The number of ether oxygens (including phenoxy) is 2. The molecular weight excluding hydrogens is 362 g/mol. The molecule has 0 atom stereocenters. The minimum atomic E-state index is 0.493. The molecule has 1 aromatic heterocycles. The van der Waals surface area contributed by atoms with Crippen molar-refractivity contribution in [3.05, 3.63) is 29.8 Å². The number of hydrogen-bond donors (Lipinski definition) is 3. The summed E-state index contributed by atoms with van der Waals surface area (Å²) in [6.07, 6.45) is 0.908. The lowest BCUT2D eigenvalue weighted by Gasteiger charge is -2.12. The topological polar surface area (TPSA) is 91.2 Å². The number of fused-ring (bicyclic) bond motifs is 1. The fourth-order valence-corrected chi connectivity index (χ4v) is 2.65. The zero-order chi connectivity index (χ0) is 19.5. The highest BCUT2D eigenvalue weighted by Crippen LogP contribution is 2.23. The lowest BCUT2D eigenvalue weighted by molar-refractivity contribution is 0.145. The van der Waals surface area contributed by atoms with Crippen molar-refractivity contribution in [3.63, 3.8) is 0 Å². The average molecular weight is 388 g/mol. The van der Waals surface area contributed by atoms with Crippen molar-refractivity contribution in [2.75, 3.05) is 45.3 Å². The minimum absolute atomic E-state index is 0.493. The highest BCUT2D eigenvalue weighted by molar-refractivity contribution is 7.80. The lowest BCUT2D eigenvalue weighted by atomic mass is 10.1. The summed E-state index contributed by atoms with van der Waals surface area (Å²) < 4.78 is 10.5. The van der Waals surface area contributed by atoms with Gasteiger partial charge in [0.05, 0.1) is 18.2 Å². The highest BCUT2D eigenvalue weighted by Gasteiger charge is 2.07. The quantitative estimate of drug-likeness (QED) is 0.423. The van der Waals surface area contributed by atoms with Crippen molar-refractivity contribution in [2.24, 2.45) is 0 Å². The predicted molar refractivity (Wildman–Crippen MR) is 111 cm³/mol. The van der Waals surface area contributed by atoms with Gasteiger partial charge >= 0.3 is 0 Å². The van der Waals surface area contributed by atoms with Crippen LogP contribution in [0.2, 0.25) is 0 Å². The maximum Gasteiger partial charge on any atom is 0.166 e. The Morgan fingerprint density at radius 3 is 2.78 bits per heavy atom. The molecule has 7 nitrogen and oxygen atoms in total. The number of thiocarbonyl (C=S) groups is 1. The van der Waals surface area contributed by atoms with Crippen molar-refractivity contribution >= 4 is 34.1 Å². The van der Waals surface area contributed by atoms with E-state index in [0.717, 1.165) is 42.8 Å². The van der Waals surface area contributed by atoms with Gasteiger partial charge in [0.25, 0.3) is 0 Å². The molecular formula is C19H25N5O2S. The Balaban J connectivity index is 1.82. The van der Waals surface area contributed by atoms with Crippen LogP contribution in [0.3, 0.4) is 0 Å². The van der Waals surface area contributed by atoms with Gasteiger partial charge in [0.1, 0.15) is 17.6 Å². The minimum Gasteiger partial charge on any atom is -0.497 e. The Morgan fingerprint density at radius 1 is 1.22 bits per heavy atom. The normalized spacial score (nSPS) is 10.3. The second-order valence-corrected chi connectivity index (χ2v) is 6.12. The second-order valence-electron chi connectivity index (χ2n) is 5.71. The summed E-state index contributed by atoms with van der Waals surface area (Å²) >= 11 is 5.23. The van der Waals surface area contributed by atoms with Crippen LogP contribution >= 0.6 is 12.2 Å². The molecule has 0 aliphatic rings. The molecule has 0 unspecified atom stereocenters. The number of pyridine rings is 1. The predicted octanol–water partition coefficient (Wildman–Crippen LogP) is 2.42. The number of nitrogens with one attached hydrogen (secondary N) is 3. The van der Waals surface area contributed by atoms with Crippen molar-refractivity contribution in [1.82, 2.24) is 15.6 Å². The molecule has 0 saturated carbocycles. The van der Waals surface area contributed by atoms with Gasteiger partial charge in [0.2, 0.25) is 0 Å². The van der Waals surface area contributed by atoms with Crippen LogP contribution in [0.4, 0.5) is 5.82 Å². The highest BCUT2D eigenvalue weighted by atomic mass is 32.1. The molecule has 0 aliphatic heterocycles.